The highest BCUT2D eigenvalue weighted by Gasteiger charge is 2.15. The smallest absolute Gasteiger partial charge is 0.0244 e. The summed E-state index contributed by atoms with van der Waals surface area (Å²) in [7, 11) is 0. The minimum atomic E-state index is 1.03. The Morgan fingerprint density at radius 2 is 2.36 bits per heavy atom. The Bertz CT molecular complexity index is 283. The lowest BCUT2D eigenvalue weighted by Gasteiger charge is -2.26. The van der Waals surface area contributed by atoms with Crippen LogP contribution in [0.2, 0.25) is 0 Å². The summed E-state index contributed by atoms with van der Waals surface area (Å²) in [6.07, 6.45) is 3.80. The van der Waals surface area contributed by atoms with E-state index in [2.05, 4.69) is 29.0 Å². The summed E-state index contributed by atoms with van der Waals surface area (Å²) in [5, 5.41) is 2.22. The van der Waals surface area contributed by atoms with Crippen molar-refractivity contribution in [1.29, 1.82) is 0 Å². The lowest BCUT2D eigenvalue weighted by molar-refractivity contribution is 0.252. The lowest BCUT2D eigenvalue weighted by Crippen LogP contribution is -2.30. The highest BCUT2D eigenvalue weighted by atomic mass is 32.1. The number of unbranched alkanes of at least 4 members (excludes halogenated alkanes) is 1. The van der Waals surface area contributed by atoms with Crippen LogP contribution in [0.15, 0.2) is 11.4 Å². The highest BCUT2D eigenvalue weighted by Crippen LogP contribution is 2.23. The van der Waals surface area contributed by atoms with Crippen LogP contribution in [0.5, 0.6) is 0 Å². The molecule has 1 aliphatic rings. The third-order valence-corrected chi connectivity index (χ3v) is 4.11. The van der Waals surface area contributed by atoms with E-state index in [1.807, 2.05) is 11.3 Å². The predicted molar refractivity (Wildman–Crippen MR) is 66.4 cm³/mol. The van der Waals surface area contributed by atoms with Crippen molar-refractivity contribution < 1.29 is 0 Å². The van der Waals surface area contributed by atoms with E-state index in [1.54, 1.807) is 10.4 Å². The lowest BCUT2D eigenvalue weighted by atomic mass is 10.1. The van der Waals surface area contributed by atoms with E-state index in [4.69, 9.17) is 0 Å². The fraction of sp³-hybridized carbons (Fsp3) is 0.636. The molecule has 0 aliphatic carbocycles. The topological polar surface area (TPSA) is 3.24 Å². The first kappa shape index (κ1) is 10.5. The molecule has 1 aromatic heterocycles. The SMILES string of the molecule is SCCCCN1CCc2sccc2C1. The molecule has 0 N–H and O–H groups in total. The second-order valence-electron chi connectivity index (χ2n) is 3.83. The molecular weight excluding hydrogens is 210 g/mol. The van der Waals surface area contributed by atoms with Crippen molar-refractivity contribution in [1.82, 2.24) is 4.90 Å². The Morgan fingerprint density at radius 3 is 3.21 bits per heavy atom. The third kappa shape index (κ3) is 2.53. The highest BCUT2D eigenvalue weighted by molar-refractivity contribution is 7.80. The summed E-state index contributed by atoms with van der Waals surface area (Å²) in [4.78, 5) is 4.17. The Hall–Kier alpha value is 0.0100. The van der Waals surface area contributed by atoms with Crippen LogP contribution in [-0.2, 0) is 13.0 Å². The van der Waals surface area contributed by atoms with Gasteiger partial charge in [-0.05, 0) is 48.6 Å². The van der Waals surface area contributed by atoms with Crippen molar-refractivity contribution in [2.24, 2.45) is 0 Å². The summed E-state index contributed by atoms with van der Waals surface area (Å²) < 4.78 is 0. The van der Waals surface area contributed by atoms with E-state index < -0.39 is 0 Å². The van der Waals surface area contributed by atoms with Gasteiger partial charge in [-0.2, -0.15) is 12.6 Å². The van der Waals surface area contributed by atoms with Crippen LogP contribution in [0.4, 0.5) is 0 Å². The van der Waals surface area contributed by atoms with Gasteiger partial charge in [0.05, 0.1) is 0 Å². The number of thiophene rings is 1. The molecule has 1 aromatic rings. The zero-order valence-electron chi connectivity index (χ0n) is 8.41. The van der Waals surface area contributed by atoms with E-state index in [0.29, 0.717) is 0 Å². The summed E-state index contributed by atoms with van der Waals surface area (Å²) in [5.41, 5.74) is 1.56. The molecule has 0 spiro atoms. The molecule has 2 heterocycles. The first-order chi connectivity index (χ1) is 6.90. The summed E-state index contributed by atoms with van der Waals surface area (Å²) in [5.74, 6) is 1.03. The van der Waals surface area contributed by atoms with Crippen LogP contribution >= 0.6 is 24.0 Å². The van der Waals surface area contributed by atoms with Crippen molar-refractivity contribution in [3.8, 4) is 0 Å². The molecule has 0 radical (unpaired) electrons. The minimum absolute atomic E-state index is 1.03. The summed E-state index contributed by atoms with van der Waals surface area (Å²) in [6, 6.07) is 2.28. The normalized spacial score (nSPS) is 16.9. The molecule has 1 nitrogen and oxygen atoms in total. The van der Waals surface area contributed by atoms with Crippen molar-refractivity contribution in [3.63, 3.8) is 0 Å². The maximum absolute atomic E-state index is 4.24. The van der Waals surface area contributed by atoms with Crippen molar-refractivity contribution in [3.05, 3.63) is 21.9 Å². The zero-order chi connectivity index (χ0) is 9.80. The zero-order valence-corrected chi connectivity index (χ0v) is 10.1. The number of hydrogen-bond acceptors (Lipinski definition) is 3. The standard InChI is InChI=1S/C11H17NS2/c13-7-2-1-5-12-6-3-11-10(9-12)4-8-14-11/h4,8,13H,1-3,5-7,9H2. The molecule has 0 bridgehead atoms. The van der Waals surface area contributed by atoms with E-state index in [1.165, 1.54) is 38.9 Å². The Labute approximate surface area is 95.5 Å². The van der Waals surface area contributed by atoms with Crippen molar-refractivity contribution in [2.75, 3.05) is 18.8 Å². The van der Waals surface area contributed by atoms with Crippen molar-refractivity contribution >= 4 is 24.0 Å². The molecule has 1 aliphatic heterocycles. The van der Waals surface area contributed by atoms with E-state index in [-0.39, 0.29) is 0 Å². The Balaban J connectivity index is 1.82. The van der Waals surface area contributed by atoms with Gasteiger partial charge in [0.1, 0.15) is 0 Å². The van der Waals surface area contributed by atoms with Crippen LogP contribution in [0.3, 0.4) is 0 Å². The molecule has 2 rings (SSSR count). The average molecular weight is 227 g/mol. The van der Waals surface area contributed by atoms with Gasteiger partial charge in [-0.15, -0.1) is 11.3 Å². The molecule has 0 saturated heterocycles. The molecule has 0 fully saturated rings. The molecule has 78 valence electrons. The molecule has 0 atom stereocenters. The maximum atomic E-state index is 4.24. The van der Waals surface area contributed by atoms with Gasteiger partial charge < -0.3 is 0 Å². The van der Waals surface area contributed by atoms with Crippen LogP contribution < -0.4 is 0 Å². The van der Waals surface area contributed by atoms with Crippen LogP contribution in [0.25, 0.3) is 0 Å². The maximum Gasteiger partial charge on any atom is 0.0244 e. The largest absolute Gasteiger partial charge is 0.299 e. The van der Waals surface area contributed by atoms with Gasteiger partial charge in [0, 0.05) is 18.0 Å². The fourth-order valence-corrected chi connectivity index (χ4v) is 3.06. The number of hydrogen-bond donors (Lipinski definition) is 1. The van der Waals surface area contributed by atoms with Gasteiger partial charge in [-0.3, -0.25) is 4.90 Å². The molecule has 14 heavy (non-hydrogen) atoms. The predicted octanol–water partition coefficient (Wildman–Crippen LogP) is 2.82. The van der Waals surface area contributed by atoms with Gasteiger partial charge in [0.15, 0.2) is 0 Å². The monoisotopic (exact) mass is 227 g/mol. The van der Waals surface area contributed by atoms with E-state index >= 15 is 0 Å². The van der Waals surface area contributed by atoms with Gasteiger partial charge in [-0.1, -0.05) is 0 Å². The first-order valence-corrected chi connectivity index (χ1v) is 6.80. The Morgan fingerprint density at radius 1 is 1.43 bits per heavy atom. The van der Waals surface area contributed by atoms with Gasteiger partial charge in [0.25, 0.3) is 0 Å². The quantitative estimate of drug-likeness (QED) is 0.611. The van der Waals surface area contributed by atoms with E-state index in [9.17, 15) is 0 Å². The molecule has 3 heteroatoms. The van der Waals surface area contributed by atoms with Crippen LogP contribution in [-0.4, -0.2) is 23.7 Å². The van der Waals surface area contributed by atoms with Crippen LogP contribution in [0.1, 0.15) is 23.3 Å². The second kappa shape index (κ2) is 5.19. The van der Waals surface area contributed by atoms with Gasteiger partial charge in [-0.25, -0.2) is 0 Å². The molecule has 0 unspecified atom stereocenters. The number of rotatable bonds is 4. The van der Waals surface area contributed by atoms with Gasteiger partial charge in [0.2, 0.25) is 0 Å². The summed E-state index contributed by atoms with van der Waals surface area (Å²) in [6.45, 7) is 3.67. The summed E-state index contributed by atoms with van der Waals surface area (Å²) >= 11 is 6.15. The molecule has 0 aromatic carbocycles. The molecule has 0 amide bonds. The Kier molecular flexibility index (Phi) is 3.90. The fourth-order valence-electron chi connectivity index (χ4n) is 1.94. The van der Waals surface area contributed by atoms with Crippen molar-refractivity contribution in [2.45, 2.75) is 25.8 Å². The van der Waals surface area contributed by atoms with Gasteiger partial charge >= 0.3 is 0 Å². The third-order valence-electron chi connectivity index (χ3n) is 2.77. The number of fused-ring (bicyclic) bond motifs is 1. The minimum Gasteiger partial charge on any atom is -0.299 e. The van der Waals surface area contributed by atoms with Crippen LogP contribution in [0, 0.1) is 0 Å². The molecule has 0 saturated carbocycles. The molecular formula is C11H17NS2. The number of thiol groups is 1. The average Bonchev–Trinajstić information content (AvgIpc) is 2.65. The first-order valence-electron chi connectivity index (χ1n) is 5.28. The van der Waals surface area contributed by atoms with E-state index in [0.717, 1.165) is 5.75 Å². The second-order valence-corrected chi connectivity index (χ2v) is 5.27. The number of nitrogens with zero attached hydrogens (tertiary/aromatic N) is 1.